The van der Waals surface area contributed by atoms with Crippen molar-refractivity contribution in [1.29, 1.82) is 0 Å². The van der Waals surface area contributed by atoms with Gasteiger partial charge in [0.1, 0.15) is 5.75 Å². The lowest BCUT2D eigenvalue weighted by atomic mass is 10.1. The van der Waals surface area contributed by atoms with Gasteiger partial charge in [-0.3, -0.25) is 4.79 Å². The molecular weight excluding hydrogens is 234 g/mol. The van der Waals surface area contributed by atoms with Crippen LogP contribution in [-0.2, 0) is 0 Å². The zero-order chi connectivity index (χ0) is 13.7. The summed E-state index contributed by atoms with van der Waals surface area (Å²) in [6.45, 7) is 3.62. The summed E-state index contributed by atoms with van der Waals surface area (Å²) in [5.41, 5.74) is 5.60. The Labute approximate surface area is 105 Å². The number of carbonyl (C=O) groups excluding carboxylic acids is 1. The van der Waals surface area contributed by atoms with Crippen molar-refractivity contribution in [3.05, 3.63) is 29.8 Å². The number of aromatic hydroxyl groups is 1. The van der Waals surface area contributed by atoms with Crippen LogP contribution in [0.5, 0.6) is 5.75 Å². The van der Waals surface area contributed by atoms with Gasteiger partial charge in [0, 0.05) is 6.04 Å². The van der Waals surface area contributed by atoms with Gasteiger partial charge in [-0.1, -0.05) is 17.3 Å². The van der Waals surface area contributed by atoms with Gasteiger partial charge in [0.15, 0.2) is 5.84 Å². The zero-order valence-corrected chi connectivity index (χ0v) is 10.4. The summed E-state index contributed by atoms with van der Waals surface area (Å²) in [5.74, 6) is -0.519. The predicted octanol–water partition coefficient (Wildman–Crippen LogP) is 0.989. The summed E-state index contributed by atoms with van der Waals surface area (Å²) in [7, 11) is 0. The van der Waals surface area contributed by atoms with Crippen molar-refractivity contribution in [2.24, 2.45) is 10.9 Å². The molecule has 0 bridgehead atoms. The highest BCUT2D eigenvalue weighted by molar-refractivity contribution is 5.99. The topological polar surface area (TPSA) is 99.1 Å². The van der Waals surface area contributed by atoms with Crippen LogP contribution in [0.2, 0.25) is 0 Å². The normalized spacial score (nSPS) is 11.6. The summed E-state index contributed by atoms with van der Waals surface area (Å²) < 4.78 is 0. The minimum atomic E-state index is -0.366. The molecule has 1 amide bonds. The molecule has 98 valence electrons. The summed E-state index contributed by atoms with van der Waals surface area (Å²) in [6, 6.07) is 6.12. The molecule has 0 aliphatic carbocycles. The van der Waals surface area contributed by atoms with Crippen LogP contribution < -0.4 is 5.73 Å². The first-order chi connectivity index (χ1) is 8.47. The fraction of sp³-hybridized carbons (Fsp3) is 0.333. The first-order valence-electron chi connectivity index (χ1n) is 5.52. The van der Waals surface area contributed by atoms with Gasteiger partial charge in [-0.05, 0) is 26.0 Å². The maximum Gasteiger partial charge on any atom is 0.258 e. The van der Waals surface area contributed by atoms with Crippen LogP contribution in [0.25, 0.3) is 0 Å². The van der Waals surface area contributed by atoms with Gasteiger partial charge in [0.2, 0.25) is 0 Å². The van der Waals surface area contributed by atoms with E-state index in [1.54, 1.807) is 12.1 Å². The quantitative estimate of drug-likeness (QED) is 0.321. The van der Waals surface area contributed by atoms with Crippen LogP contribution in [0.3, 0.4) is 0 Å². The van der Waals surface area contributed by atoms with E-state index in [9.17, 15) is 9.90 Å². The van der Waals surface area contributed by atoms with E-state index in [2.05, 4.69) is 5.16 Å². The molecule has 18 heavy (non-hydrogen) atoms. The molecule has 0 spiro atoms. The van der Waals surface area contributed by atoms with E-state index >= 15 is 0 Å². The van der Waals surface area contributed by atoms with Crippen molar-refractivity contribution < 1.29 is 15.1 Å². The number of nitrogens with two attached hydrogens (primary N) is 1. The molecule has 0 aromatic heterocycles. The van der Waals surface area contributed by atoms with Gasteiger partial charge < -0.3 is 20.9 Å². The van der Waals surface area contributed by atoms with Crippen LogP contribution >= 0.6 is 0 Å². The van der Waals surface area contributed by atoms with Gasteiger partial charge in [-0.15, -0.1) is 0 Å². The zero-order valence-electron chi connectivity index (χ0n) is 10.4. The number of rotatable bonds is 4. The Morgan fingerprint density at radius 3 is 2.56 bits per heavy atom. The summed E-state index contributed by atoms with van der Waals surface area (Å²) in [4.78, 5) is 13.6. The molecule has 6 heteroatoms. The first kappa shape index (κ1) is 13.8. The molecule has 0 saturated carbocycles. The molecule has 1 aromatic rings. The summed E-state index contributed by atoms with van der Waals surface area (Å²) >= 11 is 0. The number of oxime groups is 1. The number of phenols is 1. The molecule has 0 radical (unpaired) electrons. The van der Waals surface area contributed by atoms with E-state index in [4.69, 9.17) is 10.9 Å². The van der Waals surface area contributed by atoms with Gasteiger partial charge >= 0.3 is 0 Å². The molecule has 0 atom stereocenters. The summed E-state index contributed by atoms with van der Waals surface area (Å²) in [6.07, 6.45) is 0. The largest absolute Gasteiger partial charge is 0.507 e. The van der Waals surface area contributed by atoms with Crippen molar-refractivity contribution in [2.45, 2.75) is 19.9 Å². The molecule has 4 N–H and O–H groups in total. The second-order valence-electron chi connectivity index (χ2n) is 4.14. The lowest BCUT2D eigenvalue weighted by Gasteiger charge is -2.26. The first-order valence-corrected chi connectivity index (χ1v) is 5.52. The van der Waals surface area contributed by atoms with Crippen molar-refractivity contribution in [2.75, 3.05) is 6.54 Å². The molecule has 0 aliphatic rings. The molecule has 0 heterocycles. The molecule has 1 rings (SSSR count). The highest BCUT2D eigenvalue weighted by Gasteiger charge is 2.22. The number of amidine groups is 1. The average Bonchev–Trinajstić information content (AvgIpc) is 2.35. The number of hydrogen-bond acceptors (Lipinski definition) is 4. The number of para-hydroxylation sites is 1. The molecular formula is C12H17N3O3. The third-order valence-corrected chi connectivity index (χ3v) is 2.48. The van der Waals surface area contributed by atoms with Crippen LogP contribution in [0.15, 0.2) is 29.4 Å². The second kappa shape index (κ2) is 5.90. The van der Waals surface area contributed by atoms with Crippen LogP contribution in [-0.4, -0.2) is 39.5 Å². The molecule has 1 aromatic carbocycles. The average molecular weight is 251 g/mol. The summed E-state index contributed by atoms with van der Waals surface area (Å²) in [5, 5.41) is 21.0. The maximum atomic E-state index is 12.2. The number of nitrogens with zero attached hydrogens (tertiary/aromatic N) is 2. The number of amides is 1. The van der Waals surface area contributed by atoms with Crippen LogP contribution in [0.4, 0.5) is 0 Å². The van der Waals surface area contributed by atoms with Gasteiger partial charge in [0.25, 0.3) is 5.91 Å². The Kier molecular flexibility index (Phi) is 4.53. The van der Waals surface area contributed by atoms with Gasteiger partial charge in [-0.25, -0.2) is 0 Å². The van der Waals surface area contributed by atoms with E-state index in [1.807, 2.05) is 13.8 Å². The molecule has 6 nitrogen and oxygen atoms in total. The van der Waals surface area contributed by atoms with Crippen molar-refractivity contribution >= 4 is 11.7 Å². The van der Waals surface area contributed by atoms with Gasteiger partial charge in [0.05, 0.1) is 12.1 Å². The lowest BCUT2D eigenvalue weighted by molar-refractivity contribution is 0.0731. The second-order valence-corrected chi connectivity index (χ2v) is 4.14. The maximum absolute atomic E-state index is 12.2. The SMILES string of the molecule is CC(C)N(CC(N)=NO)C(=O)c1ccccc1O. The fourth-order valence-electron chi connectivity index (χ4n) is 1.50. The van der Waals surface area contributed by atoms with Crippen molar-refractivity contribution in [1.82, 2.24) is 4.90 Å². The highest BCUT2D eigenvalue weighted by Crippen LogP contribution is 2.18. The third kappa shape index (κ3) is 3.13. The van der Waals surface area contributed by atoms with Crippen LogP contribution in [0.1, 0.15) is 24.2 Å². The van der Waals surface area contributed by atoms with E-state index in [0.29, 0.717) is 0 Å². The minimum absolute atomic E-state index is 0.00132. The Balaban J connectivity index is 3.01. The van der Waals surface area contributed by atoms with E-state index in [0.717, 1.165) is 0 Å². The Bertz CT molecular complexity index is 458. The standard InChI is InChI=1S/C12H17N3O3/c1-8(2)15(7-11(13)14-18)12(17)9-5-3-4-6-10(9)16/h3-6,8,16,18H,7H2,1-2H3,(H2,13,14). The Morgan fingerprint density at radius 2 is 2.06 bits per heavy atom. The highest BCUT2D eigenvalue weighted by atomic mass is 16.4. The van der Waals surface area contributed by atoms with E-state index in [-0.39, 0.29) is 35.6 Å². The molecule has 0 unspecified atom stereocenters. The number of phenolic OH excluding ortho intramolecular Hbond substituents is 1. The molecule has 0 aliphatic heterocycles. The molecule has 0 fully saturated rings. The number of carbonyl (C=O) groups is 1. The Morgan fingerprint density at radius 1 is 1.44 bits per heavy atom. The molecule has 0 saturated heterocycles. The minimum Gasteiger partial charge on any atom is -0.507 e. The predicted molar refractivity (Wildman–Crippen MR) is 67.7 cm³/mol. The smallest absolute Gasteiger partial charge is 0.258 e. The van der Waals surface area contributed by atoms with Gasteiger partial charge in [-0.2, -0.15) is 0 Å². The number of benzene rings is 1. The van der Waals surface area contributed by atoms with Crippen molar-refractivity contribution in [3.63, 3.8) is 0 Å². The van der Waals surface area contributed by atoms with E-state index < -0.39 is 0 Å². The van der Waals surface area contributed by atoms with E-state index in [1.165, 1.54) is 17.0 Å². The third-order valence-electron chi connectivity index (χ3n) is 2.48. The Hall–Kier alpha value is -2.24. The lowest BCUT2D eigenvalue weighted by Crippen LogP contribution is -2.42. The van der Waals surface area contributed by atoms with Crippen LogP contribution in [0, 0.1) is 0 Å². The number of hydrogen-bond donors (Lipinski definition) is 3. The monoisotopic (exact) mass is 251 g/mol. The fourth-order valence-corrected chi connectivity index (χ4v) is 1.50. The van der Waals surface area contributed by atoms with Crippen molar-refractivity contribution in [3.8, 4) is 5.75 Å².